The fourth-order valence-electron chi connectivity index (χ4n) is 3.20. The molecule has 4 atom stereocenters. The van der Waals surface area contributed by atoms with E-state index in [0.29, 0.717) is 22.6 Å². The molecule has 114 valence electrons. The summed E-state index contributed by atoms with van der Waals surface area (Å²) in [6, 6.07) is 0.448. The van der Waals surface area contributed by atoms with E-state index in [0.717, 1.165) is 18.1 Å². The van der Waals surface area contributed by atoms with Gasteiger partial charge in [-0.1, -0.05) is 41.0 Å². The predicted octanol–water partition coefficient (Wildman–Crippen LogP) is 3.58. The van der Waals surface area contributed by atoms with Crippen molar-refractivity contribution in [1.29, 1.82) is 0 Å². The van der Waals surface area contributed by atoms with Crippen LogP contribution in [0.1, 0.15) is 60.3 Å². The lowest BCUT2D eigenvalue weighted by Crippen LogP contribution is -2.48. The van der Waals surface area contributed by atoms with Crippen molar-refractivity contribution in [3.05, 3.63) is 0 Å². The highest BCUT2D eigenvalue weighted by Crippen LogP contribution is 2.41. The Bertz CT molecular complexity index is 301. The van der Waals surface area contributed by atoms with Crippen molar-refractivity contribution in [1.82, 2.24) is 5.32 Å². The van der Waals surface area contributed by atoms with E-state index in [9.17, 15) is 4.21 Å². The minimum atomic E-state index is -0.687. The molecule has 1 rings (SSSR count). The van der Waals surface area contributed by atoms with E-state index in [2.05, 4.69) is 39.9 Å². The van der Waals surface area contributed by atoms with Crippen LogP contribution in [0.4, 0.5) is 0 Å². The molecule has 0 aromatic carbocycles. The molecule has 1 fully saturated rings. The summed E-state index contributed by atoms with van der Waals surface area (Å²) in [4.78, 5) is 0. The molecule has 0 aliphatic heterocycles. The Balaban J connectivity index is 2.76. The Kier molecular flexibility index (Phi) is 6.52. The van der Waals surface area contributed by atoms with Crippen LogP contribution in [-0.2, 0) is 10.8 Å². The van der Waals surface area contributed by atoms with E-state index in [1.54, 1.807) is 0 Å². The normalized spacial score (nSPS) is 30.6. The average molecular weight is 288 g/mol. The summed E-state index contributed by atoms with van der Waals surface area (Å²) in [7, 11) is 1.34. The van der Waals surface area contributed by atoms with E-state index in [4.69, 9.17) is 0 Å². The largest absolute Gasteiger partial charge is 0.316 e. The molecule has 0 bridgehead atoms. The molecule has 4 unspecified atom stereocenters. The third-order valence-electron chi connectivity index (χ3n) is 5.01. The van der Waals surface area contributed by atoms with Gasteiger partial charge in [0, 0.05) is 22.6 Å². The quantitative estimate of drug-likeness (QED) is 0.809. The highest BCUT2D eigenvalue weighted by molar-refractivity contribution is 7.85. The van der Waals surface area contributed by atoms with Crippen LogP contribution in [0.15, 0.2) is 0 Å². The van der Waals surface area contributed by atoms with Gasteiger partial charge in [0.15, 0.2) is 0 Å². The van der Waals surface area contributed by atoms with Crippen LogP contribution in [0.25, 0.3) is 0 Å². The van der Waals surface area contributed by atoms with Gasteiger partial charge in [-0.2, -0.15) is 0 Å². The van der Waals surface area contributed by atoms with Gasteiger partial charge >= 0.3 is 0 Å². The molecule has 0 radical (unpaired) electrons. The Hall–Kier alpha value is 0.110. The molecule has 1 aliphatic carbocycles. The summed E-state index contributed by atoms with van der Waals surface area (Å²) in [5, 5.41) is 3.75. The number of hydrogen-bond acceptors (Lipinski definition) is 2. The third kappa shape index (κ3) is 4.56. The summed E-state index contributed by atoms with van der Waals surface area (Å²) in [6.07, 6.45) is 4.80. The lowest BCUT2D eigenvalue weighted by atomic mass is 9.68. The summed E-state index contributed by atoms with van der Waals surface area (Å²) in [6.45, 7) is 11.4. The zero-order chi connectivity index (χ0) is 14.6. The molecule has 0 heterocycles. The molecule has 3 heteroatoms. The lowest BCUT2D eigenvalue weighted by Gasteiger charge is -2.42. The van der Waals surface area contributed by atoms with Crippen LogP contribution in [0.2, 0.25) is 0 Å². The number of nitrogens with one attached hydrogen (secondary N) is 1. The van der Waals surface area contributed by atoms with Gasteiger partial charge < -0.3 is 5.32 Å². The van der Waals surface area contributed by atoms with Crippen molar-refractivity contribution in [3.63, 3.8) is 0 Å². The van der Waals surface area contributed by atoms with Crippen molar-refractivity contribution in [2.45, 2.75) is 71.6 Å². The maximum atomic E-state index is 12.6. The van der Waals surface area contributed by atoms with Gasteiger partial charge in [-0.15, -0.1) is 0 Å². The van der Waals surface area contributed by atoms with E-state index >= 15 is 0 Å². The maximum Gasteiger partial charge on any atom is 0.0504 e. The van der Waals surface area contributed by atoms with Gasteiger partial charge in [0.2, 0.25) is 0 Å². The smallest absolute Gasteiger partial charge is 0.0504 e. The third-order valence-corrected chi connectivity index (χ3v) is 7.21. The Morgan fingerprint density at radius 3 is 2.42 bits per heavy atom. The molecule has 1 saturated carbocycles. The zero-order valence-electron chi connectivity index (χ0n) is 13.7. The molecule has 1 N–H and O–H groups in total. The Morgan fingerprint density at radius 1 is 1.32 bits per heavy atom. The van der Waals surface area contributed by atoms with Gasteiger partial charge in [0.1, 0.15) is 0 Å². The first-order chi connectivity index (χ1) is 8.81. The van der Waals surface area contributed by atoms with E-state index in [-0.39, 0.29) is 0 Å². The first kappa shape index (κ1) is 17.2. The highest BCUT2D eigenvalue weighted by Gasteiger charge is 2.39. The fraction of sp³-hybridized carbons (Fsp3) is 1.00. The second kappa shape index (κ2) is 7.21. The van der Waals surface area contributed by atoms with E-state index in [1.165, 1.54) is 19.3 Å². The van der Waals surface area contributed by atoms with Crippen LogP contribution in [0, 0.1) is 17.3 Å². The SMILES string of the molecule is CCC(C)(C)C1CCC(NC)C(S(=O)CC(C)C)C1. The fourth-order valence-corrected chi connectivity index (χ4v) is 5.19. The minimum absolute atomic E-state index is 0.344. The topological polar surface area (TPSA) is 29.1 Å². The van der Waals surface area contributed by atoms with Crippen LogP contribution >= 0.6 is 0 Å². The zero-order valence-corrected chi connectivity index (χ0v) is 14.5. The van der Waals surface area contributed by atoms with Gasteiger partial charge in [-0.3, -0.25) is 4.21 Å². The summed E-state index contributed by atoms with van der Waals surface area (Å²) in [5.41, 5.74) is 0.388. The molecule has 0 aromatic heterocycles. The van der Waals surface area contributed by atoms with Crippen molar-refractivity contribution in [3.8, 4) is 0 Å². The molecular weight excluding hydrogens is 254 g/mol. The van der Waals surface area contributed by atoms with Gasteiger partial charge in [0.05, 0.1) is 5.25 Å². The standard InChI is InChI=1S/C16H33NOS/c1-7-16(4,5)13-8-9-14(17-6)15(10-13)19(18)11-12(2)3/h12-15,17H,7-11H2,1-6H3. The van der Waals surface area contributed by atoms with E-state index in [1.807, 2.05) is 7.05 Å². The van der Waals surface area contributed by atoms with Gasteiger partial charge in [0.25, 0.3) is 0 Å². The first-order valence-electron chi connectivity index (χ1n) is 7.86. The van der Waals surface area contributed by atoms with Crippen LogP contribution in [0.3, 0.4) is 0 Å². The summed E-state index contributed by atoms with van der Waals surface area (Å²) in [5.74, 6) is 2.10. The van der Waals surface area contributed by atoms with Crippen LogP contribution in [-0.4, -0.2) is 28.3 Å². The van der Waals surface area contributed by atoms with E-state index < -0.39 is 10.8 Å². The van der Waals surface area contributed by atoms with Crippen molar-refractivity contribution < 1.29 is 4.21 Å². The molecule has 19 heavy (non-hydrogen) atoms. The molecule has 0 spiro atoms. The molecule has 1 aliphatic rings. The highest BCUT2D eigenvalue weighted by atomic mass is 32.2. The van der Waals surface area contributed by atoms with Crippen molar-refractivity contribution in [2.75, 3.05) is 12.8 Å². The summed E-state index contributed by atoms with van der Waals surface area (Å²) < 4.78 is 12.6. The number of rotatable bonds is 6. The lowest BCUT2D eigenvalue weighted by molar-refractivity contribution is 0.141. The maximum absolute atomic E-state index is 12.6. The first-order valence-corrected chi connectivity index (χ1v) is 9.24. The average Bonchev–Trinajstić information content (AvgIpc) is 2.37. The number of hydrogen-bond donors (Lipinski definition) is 1. The molecular formula is C16H33NOS. The Morgan fingerprint density at radius 2 is 1.95 bits per heavy atom. The van der Waals surface area contributed by atoms with Crippen molar-refractivity contribution >= 4 is 10.8 Å². The second-order valence-corrected chi connectivity index (χ2v) is 8.93. The molecule has 2 nitrogen and oxygen atoms in total. The second-order valence-electron chi connectivity index (χ2n) is 7.23. The molecule has 0 amide bonds. The monoisotopic (exact) mass is 287 g/mol. The molecule has 0 saturated heterocycles. The van der Waals surface area contributed by atoms with Crippen molar-refractivity contribution in [2.24, 2.45) is 17.3 Å². The van der Waals surface area contributed by atoms with Gasteiger partial charge in [-0.05, 0) is 43.6 Å². The van der Waals surface area contributed by atoms with Crippen LogP contribution in [0.5, 0.6) is 0 Å². The minimum Gasteiger partial charge on any atom is -0.316 e. The summed E-state index contributed by atoms with van der Waals surface area (Å²) >= 11 is 0. The van der Waals surface area contributed by atoms with Crippen LogP contribution < -0.4 is 5.32 Å². The predicted molar refractivity (Wildman–Crippen MR) is 85.9 cm³/mol. The van der Waals surface area contributed by atoms with Gasteiger partial charge in [-0.25, -0.2) is 0 Å². The Labute approximate surface area is 122 Å². The molecule has 0 aromatic rings.